The number of nitrogens with one attached hydrogen (secondary N) is 1. The predicted molar refractivity (Wildman–Crippen MR) is 113 cm³/mol. The Balaban J connectivity index is 1.73. The van der Waals surface area contributed by atoms with Gasteiger partial charge in [-0.3, -0.25) is 9.88 Å². The molecular weight excluding hydrogens is 405 g/mol. The first-order chi connectivity index (χ1) is 14.6. The van der Waals surface area contributed by atoms with E-state index in [1.165, 1.54) is 11.0 Å². The Bertz CT molecular complexity index is 1110. The molecule has 0 fully saturated rings. The van der Waals surface area contributed by atoms with Gasteiger partial charge >= 0.3 is 12.2 Å². The van der Waals surface area contributed by atoms with Crippen molar-refractivity contribution in [2.45, 2.75) is 31.9 Å². The Morgan fingerprint density at radius 1 is 1.10 bits per heavy atom. The van der Waals surface area contributed by atoms with Crippen LogP contribution >= 0.6 is 0 Å². The molecule has 4 rings (SSSR count). The monoisotopic (exact) mass is 426 g/mol. The van der Waals surface area contributed by atoms with Crippen molar-refractivity contribution in [1.82, 2.24) is 9.97 Å². The largest absolute Gasteiger partial charge is 0.416 e. The molecule has 5 nitrogen and oxygen atoms in total. The van der Waals surface area contributed by atoms with E-state index in [1.807, 2.05) is 6.07 Å². The van der Waals surface area contributed by atoms with Gasteiger partial charge in [0.1, 0.15) is 5.82 Å². The van der Waals surface area contributed by atoms with Crippen LogP contribution in [0.4, 0.5) is 29.5 Å². The van der Waals surface area contributed by atoms with Crippen LogP contribution < -0.4 is 10.2 Å². The minimum atomic E-state index is -4.44. The lowest BCUT2D eigenvalue weighted by molar-refractivity contribution is -0.137. The molecule has 2 aromatic heterocycles. The number of alkyl halides is 3. The standard InChI is InChI=1S/C23H21F3N4O/c1-22(2)10-13-30(21(31)28-17-8-11-27-12-9-17)20-18(22)6-7-19(29-20)15-4-3-5-16(14-15)23(24,25)26/h3-9,11-12,14H,10,13H2,1-2H3,(H,27,28,31). The highest BCUT2D eigenvalue weighted by atomic mass is 19.4. The second-order valence-electron chi connectivity index (χ2n) is 8.10. The zero-order valence-electron chi connectivity index (χ0n) is 17.1. The van der Waals surface area contributed by atoms with Crippen molar-refractivity contribution in [2.24, 2.45) is 0 Å². The maximum Gasteiger partial charge on any atom is 0.416 e. The maximum absolute atomic E-state index is 13.1. The number of halogens is 3. The summed E-state index contributed by atoms with van der Waals surface area (Å²) in [5, 5.41) is 2.83. The smallest absolute Gasteiger partial charge is 0.307 e. The number of carbonyl (C=O) groups is 1. The molecule has 1 N–H and O–H groups in total. The van der Waals surface area contributed by atoms with Gasteiger partial charge in [-0.2, -0.15) is 13.2 Å². The van der Waals surface area contributed by atoms with Gasteiger partial charge < -0.3 is 5.32 Å². The molecule has 0 bridgehead atoms. The van der Waals surface area contributed by atoms with Crippen LogP contribution in [0.2, 0.25) is 0 Å². The molecule has 0 aliphatic carbocycles. The third-order valence-electron chi connectivity index (χ3n) is 5.48. The lowest BCUT2D eigenvalue weighted by Crippen LogP contribution is -2.43. The lowest BCUT2D eigenvalue weighted by Gasteiger charge is -2.38. The molecule has 2 amide bonds. The van der Waals surface area contributed by atoms with E-state index in [4.69, 9.17) is 0 Å². The molecule has 0 radical (unpaired) electrons. The van der Waals surface area contributed by atoms with Crippen molar-refractivity contribution >= 4 is 17.5 Å². The second-order valence-corrected chi connectivity index (χ2v) is 8.10. The molecule has 3 aromatic rings. The maximum atomic E-state index is 13.1. The summed E-state index contributed by atoms with van der Waals surface area (Å²) in [4.78, 5) is 23.1. The Morgan fingerprint density at radius 3 is 2.55 bits per heavy atom. The van der Waals surface area contributed by atoms with E-state index in [-0.39, 0.29) is 11.4 Å². The van der Waals surface area contributed by atoms with Crippen LogP contribution in [0.3, 0.4) is 0 Å². The summed E-state index contributed by atoms with van der Waals surface area (Å²) in [7, 11) is 0. The summed E-state index contributed by atoms with van der Waals surface area (Å²) in [6.07, 6.45) is -0.559. The molecule has 0 saturated heterocycles. The van der Waals surface area contributed by atoms with Crippen molar-refractivity contribution in [3.05, 3.63) is 72.1 Å². The second kappa shape index (κ2) is 7.68. The quantitative estimate of drug-likeness (QED) is 0.557. The first-order valence-corrected chi connectivity index (χ1v) is 9.83. The van der Waals surface area contributed by atoms with E-state index >= 15 is 0 Å². The van der Waals surface area contributed by atoms with Gasteiger partial charge in [0.25, 0.3) is 0 Å². The van der Waals surface area contributed by atoms with Crippen LogP contribution in [-0.4, -0.2) is 22.5 Å². The van der Waals surface area contributed by atoms with E-state index in [0.717, 1.165) is 24.1 Å². The molecule has 0 spiro atoms. The molecule has 1 aliphatic rings. The fourth-order valence-corrected chi connectivity index (χ4v) is 3.65. The highest BCUT2D eigenvalue weighted by molar-refractivity contribution is 6.02. The number of amides is 2. The number of urea groups is 1. The van der Waals surface area contributed by atoms with Crippen molar-refractivity contribution in [3.8, 4) is 11.3 Å². The summed E-state index contributed by atoms with van der Waals surface area (Å²) in [6.45, 7) is 4.57. The number of nitrogens with zero attached hydrogens (tertiary/aromatic N) is 3. The SMILES string of the molecule is CC1(C)CCN(C(=O)Nc2ccncc2)c2nc(-c3cccc(C(F)(F)F)c3)ccc21. The summed E-state index contributed by atoms with van der Waals surface area (Å²) in [6, 6.07) is 11.6. The van der Waals surface area contributed by atoms with Crippen LogP contribution in [0.1, 0.15) is 31.4 Å². The Labute approximate surface area is 178 Å². The van der Waals surface area contributed by atoms with Gasteiger partial charge in [0, 0.05) is 35.8 Å². The average Bonchev–Trinajstić information content (AvgIpc) is 2.73. The van der Waals surface area contributed by atoms with Crippen molar-refractivity contribution in [1.29, 1.82) is 0 Å². The number of fused-ring (bicyclic) bond motifs is 1. The van der Waals surface area contributed by atoms with Gasteiger partial charge in [-0.15, -0.1) is 0 Å². The van der Waals surface area contributed by atoms with Crippen LogP contribution in [0.5, 0.6) is 0 Å². The van der Waals surface area contributed by atoms with Gasteiger partial charge in [-0.05, 0) is 42.2 Å². The van der Waals surface area contributed by atoms with E-state index in [1.54, 1.807) is 36.7 Å². The molecule has 8 heteroatoms. The molecule has 0 atom stereocenters. The van der Waals surface area contributed by atoms with Crippen molar-refractivity contribution in [3.63, 3.8) is 0 Å². The van der Waals surface area contributed by atoms with Gasteiger partial charge in [-0.1, -0.05) is 32.0 Å². The number of carbonyl (C=O) groups excluding carboxylic acids is 1. The number of anilines is 2. The summed E-state index contributed by atoms with van der Waals surface area (Å²) >= 11 is 0. The molecular formula is C23H21F3N4O. The van der Waals surface area contributed by atoms with Crippen LogP contribution in [0.25, 0.3) is 11.3 Å². The first-order valence-electron chi connectivity index (χ1n) is 9.83. The topological polar surface area (TPSA) is 58.1 Å². The van der Waals surface area contributed by atoms with Crippen LogP contribution in [0, 0.1) is 0 Å². The fraction of sp³-hybridized carbons (Fsp3) is 0.261. The van der Waals surface area contributed by atoms with Gasteiger partial charge in [0.05, 0.1) is 11.3 Å². The normalized spacial score (nSPS) is 15.3. The van der Waals surface area contributed by atoms with Crippen LogP contribution in [-0.2, 0) is 11.6 Å². The molecule has 1 aliphatic heterocycles. The van der Waals surface area contributed by atoms with Crippen molar-refractivity contribution < 1.29 is 18.0 Å². The fourth-order valence-electron chi connectivity index (χ4n) is 3.65. The number of rotatable bonds is 2. The number of aromatic nitrogens is 2. The van der Waals surface area contributed by atoms with Gasteiger partial charge in [0.15, 0.2) is 0 Å². The Kier molecular flexibility index (Phi) is 5.16. The highest BCUT2D eigenvalue weighted by Crippen LogP contribution is 2.40. The van der Waals surface area contributed by atoms with E-state index < -0.39 is 11.7 Å². The van der Waals surface area contributed by atoms with Crippen LogP contribution in [0.15, 0.2) is 60.9 Å². The van der Waals surface area contributed by atoms with E-state index in [0.29, 0.717) is 29.3 Å². The zero-order chi connectivity index (χ0) is 22.2. The number of hydrogen-bond donors (Lipinski definition) is 1. The highest BCUT2D eigenvalue weighted by Gasteiger charge is 2.35. The van der Waals surface area contributed by atoms with Gasteiger partial charge in [0.2, 0.25) is 0 Å². The van der Waals surface area contributed by atoms with Crippen molar-refractivity contribution in [2.75, 3.05) is 16.8 Å². The third kappa shape index (κ3) is 4.23. The number of benzene rings is 1. The predicted octanol–water partition coefficient (Wildman–Crippen LogP) is 5.88. The summed E-state index contributed by atoms with van der Waals surface area (Å²) in [5.41, 5.74) is 1.24. The summed E-state index contributed by atoms with van der Waals surface area (Å²) in [5.74, 6) is 0.456. The lowest BCUT2D eigenvalue weighted by atomic mass is 9.79. The molecule has 0 unspecified atom stereocenters. The summed E-state index contributed by atoms with van der Waals surface area (Å²) < 4.78 is 39.4. The van der Waals surface area contributed by atoms with E-state index in [9.17, 15) is 18.0 Å². The average molecular weight is 426 g/mol. The molecule has 3 heterocycles. The molecule has 160 valence electrons. The third-order valence-corrected chi connectivity index (χ3v) is 5.48. The molecule has 31 heavy (non-hydrogen) atoms. The first kappa shape index (κ1) is 20.8. The minimum Gasteiger partial charge on any atom is -0.307 e. The van der Waals surface area contributed by atoms with E-state index in [2.05, 4.69) is 29.1 Å². The molecule has 1 aromatic carbocycles. The Hall–Kier alpha value is -3.42. The van der Waals surface area contributed by atoms with Gasteiger partial charge in [-0.25, -0.2) is 9.78 Å². The molecule has 0 saturated carbocycles. The Morgan fingerprint density at radius 2 is 1.84 bits per heavy atom. The number of pyridine rings is 2. The zero-order valence-corrected chi connectivity index (χ0v) is 17.1. The number of hydrogen-bond acceptors (Lipinski definition) is 3. The minimum absolute atomic E-state index is 0.220.